The summed E-state index contributed by atoms with van der Waals surface area (Å²) in [5, 5.41) is 0.626. The molecule has 1 aromatic heterocycles. The molecule has 3 aromatic rings. The van der Waals surface area contributed by atoms with E-state index < -0.39 is 0 Å². The molecule has 1 aliphatic rings. The number of para-hydroxylation sites is 1. The molecule has 176 valence electrons. The first-order chi connectivity index (χ1) is 16.1. The lowest BCUT2D eigenvalue weighted by Crippen LogP contribution is -2.43. The smallest absolute Gasteiger partial charge is 0.264 e. The Balaban J connectivity index is 1.75. The molecule has 33 heavy (non-hydrogen) atoms. The molecule has 0 unspecified atom stereocenters. The molecule has 0 spiro atoms. The summed E-state index contributed by atoms with van der Waals surface area (Å²) in [4.78, 5) is 22.7. The minimum Gasteiger partial charge on any atom is -0.494 e. The Morgan fingerprint density at radius 1 is 1.09 bits per heavy atom. The number of morpholine rings is 1. The molecular formula is C24H29N3O5S. The number of rotatable bonds is 8. The van der Waals surface area contributed by atoms with Crippen molar-refractivity contribution in [2.75, 3.05) is 65.6 Å². The normalized spacial score (nSPS) is 14.3. The highest BCUT2D eigenvalue weighted by Gasteiger charge is 2.27. The summed E-state index contributed by atoms with van der Waals surface area (Å²) in [6.07, 6.45) is 0. The number of carbonyl (C=O) groups excluding carboxylic acids is 1. The van der Waals surface area contributed by atoms with Gasteiger partial charge in [0.25, 0.3) is 5.91 Å². The van der Waals surface area contributed by atoms with Crippen LogP contribution in [0, 0.1) is 6.92 Å². The molecule has 0 N–H and O–H groups in total. The zero-order chi connectivity index (χ0) is 23.4. The Morgan fingerprint density at radius 2 is 1.85 bits per heavy atom. The van der Waals surface area contributed by atoms with Crippen LogP contribution in [0.25, 0.3) is 10.2 Å². The van der Waals surface area contributed by atoms with Gasteiger partial charge in [-0.2, -0.15) is 0 Å². The predicted molar refractivity (Wildman–Crippen MR) is 129 cm³/mol. The lowest BCUT2D eigenvalue weighted by atomic mass is 10.1. The van der Waals surface area contributed by atoms with Crippen LogP contribution in [0.1, 0.15) is 15.9 Å². The highest BCUT2D eigenvalue weighted by Crippen LogP contribution is 2.38. The summed E-state index contributed by atoms with van der Waals surface area (Å²) in [5.74, 6) is 1.43. The lowest BCUT2D eigenvalue weighted by Gasteiger charge is -2.29. The van der Waals surface area contributed by atoms with Gasteiger partial charge < -0.3 is 18.9 Å². The molecule has 1 fully saturated rings. The minimum atomic E-state index is -0.185. The van der Waals surface area contributed by atoms with Gasteiger partial charge in [-0.1, -0.05) is 23.5 Å². The molecule has 0 radical (unpaired) electrons. The number of hydrogen-bond acceptors (Lipinski definition) is 8. The average molecular weight is 472 g/mol. The predicted octanol–water partition coefficient (Wildman–Crippen LogP) is 3.61. The van der Waals surface area contributed by atoms with E-state index in [-0.39, 0.29) is 5.91 Å². The standard InChI is InChI=1S/C24H29N3O5S/c1-16-8-9-18(29-2)20-22(16)33-24(25-20)27(11-10-26-12-14-32-15-13-26)23(28)17-6-5-7-19(30-3)21(17)31-4/h5-9H,10-15H2,1-4H3. The zero-order valence-corrected chi connectivity index (χ0v) is 20.2. The maximum atomic E-state index is 13.9. The second-order valence-corrected chi connectivity index (χ2v) is 8.69. The Kier molecular flexibility index (Phi) is 7.32. The topological polar surface area (TPSA) is 73.4 Å². The number of amides is 1. The Morgan fingerprint density at radius 3 is 2.55 bits per heavy atom. The first-order valence-corrected chi connectivity index (χ1v) is 11.7. The SMILES string of the molecule is COc1cccc(C(=O)N(CCN2CCOCC2)c2nc3c(OC)ccc(C)c3s2)c1OC. The van der Waals surface area contributed by atoms with E-state index in [0.717, 1.165) is 28.9 Å². The van der Waals surface area contributed by atoms with E-state index >= 15 is 0 Å². The second kappa shape index (κ2) is 10.4. The van der Waals surface area contributed by atoms with E-state index in [0.29, 0.717) is 54.2 Å². The Labute approximate surface area is 197 Å². The number of carbonyl (C=O) groups is 1. The lowest BCUT2D eigenvalue weighted by molar-refractivity contribution is 0.0391. The molecule has 1 saturated heterocycles. The maximum absolute atomic E-state index is 13.9. The second-order valence-electron chi connectivity index (χ2n) is 7.71. The van der Waals surface area contributed by atoms with Gasteiger partial charge in [-0.15, -0.1) is 0 Å². The van der Waals surface area contributed by atoms with Crippen LogP contribution in [0.2, 0.25) is 0 Å². The first-order valence-electron chi connectivity index (χ1n) is 10.8. The van der Waals surface area contributed by atoms with E-state index in [1.807, 2.05) is 19.1 Å². The van der Waals surface area contributed by atoms with Crippen LogP contribution in [0.4, 0.5) is 5.13 Å². The van der Waals surface area contributed by atoms with E-state index in [2.05, 4.69) is 4.90 Å². The number of aryl methyl sites for hydroxylation is 1. The van der Waals surface area contributed by atoms with Crippen LogP contribution in [0.3, 0.4) is 0 Å². The quantitative estimate of drug-likeness (QED) is 0.497. The number of thiazole rings is 1. The van der Waals surface area contributed by atoms with Gasteiger partial charge in [-0.05, 0) is 30.7 Å². The molecule has 1 aliphatic heterocycles. The number of nitrogens with zero attached hydrogens (tertiary/aromatic N) is 3. The van der Waals surface area contributed by atoms with Crippen LogP contribution < -0.4 is 19.1 Å². The van der Waals surface area contributed by atoms with Gasteiger partial charge in [-0.25, -0.2) is 4.98 Å². The molecule has 0 saturated carbocycles. The van der Waals surface area contributed by atoms with Crippen molar-refractivity contribution >= 4 is 32.6 Å². The van der Waals surface area contributed by atoms with Gasteiger partial charge in [0, 0.05) is 26.2 Å². The van der Waals surface area contributed by atoms with Crippen molar-refractivity contribution in [1.29, 1.82) is 0 Å². The Bertz CT molecular complexity index is 1130. The van der Waals surface area contributed by atoms with Crippen LogP contribution in [-0.2, 0) is 4.74 Å². The van der Waals surface area contributed by atoms with Crippen LogP contribution in [0.5, 0.6) is 17.2 Å². The largest absolute Gasteiger partial charge is 0.494 e. The van der Waals surface area contributed by atoms with Crippen LogP contribution in [0.15, 0.2) is 30.3 Å². The fraction of sp³-hybridized carbons (Fsp3) is 0.417. The van der Waals surface area contributed by atoms with Crippen molar-refractivity contribution in [2.24, 2.45) is 0 Å². The number of methoxy groups -OCH3 is 3. The van der Waals surface area contributed by atoms with E-state index in [1.54, 1.807) is 44.4 Å². The molecule has 0 atom stereocenters. The summed E-state index contributed by atoms with van der Waals surface area (Å²) in [6, 6.07) is 9.24. The summed E-state index contributed by atoms with van der Waals surface area (Å²) in [7, 11) is 4.73. The Hall–Kier alpha value is -2.88. The first kappa shape index (κ1) is 23.3. The van der Waals surface area contributed by atoms with Gasteiger partial charge in [0.2, 0.25) is 0 Å². The number of hydrogen-bond donors (Lipinski definition) is 0. The van der Waals surface area contributed by atoms with Crippen LogP contribution >= 0.6 is 11.3 Å². The molecule has 0 aliphatic carbocycles. The highest BCUT2D eigenvalue weighted by atomic mass is 32.1. The van der Waals surface area contributed by atoms with Crippen molar-refractivity contribution in [1.82, 2.24) is 9.88 Å². The minimum absolute atomic E-state index is 0.185. The van der Waals surface area contributed by atoms with Gasteiger partial charge >= 0.3 is 0 Å². The number of ether oxygens (including phenoxy) is 4. The third-order valence-electron chi connectivity index (χ3n) is 5.76. The van der Waals surface area contributed by atoms with Crippen molar-refractivity contribution in [3.05, 3.63) is 41.5 Å². The van der Waals surface area contributed by atoms with Gasteiger partial charge in [0.05, 0.1) is 44.8 Å². The van der Waals surface area contributed by atoms with Gasteiger partial charge in [0.1, 0.15) is 11.3 Å². The third-order valence-corrected chi connectivity index (χ3v) is 6.98. The monoisotopic (exact) mass is 471 g/mol. The summed E-state index contributed by atoms with van der Waals surface area (Å²) in [5.41, 5.74) is 2.29. The molecule has 0 bridgehead atoms. The number of fused-ring (bicyclic) bond motifs is 1. The zero-order valence-electron chi connectivity index (χ0n) is 19.4. The molecule has 8 nitrogen and oxygen atoms in total. The van der Waals surface area contributed by atoms with Crippen LogP contribution in [-0.4, -0.2) is 76.5 Å². The summed E-state index contributed by atoms with van der Waals surface area (Å²) < 4.78 is 23.0. The van der Waals surface area contributed by atoms with Crippen molar-refractivity contribution in [3.63, 3.8) is 0 Å². The van der Waals surface area contributed by atoms with E-state index in [4.69, 9.17) is 23.9 Å². The van der Waals surface area contributed by atoms with E-state index in [9.17, 15) is 4.79 Å². The number of aromatic nitrogens is 1. The molecule has 2 aromatic carbocycles. The van der Waals surface area contributed by atoms with Crippen molar-refractivity contribution < 1.29 is 23.7 Å². The third kappa shape index (κ3) is 4.75. The molecule has 2 heterocycles. The van der Waals surface area contributed by atoms with Crippen molar-refractivity contribution in [2.45, 2.75) is 6.92 Å². The fourth-order valence-corrected chi connectivity index (χ4v) is 5.01. The molecule has 1 amide bonds. The highest BCUT2D eigenvalue weighted by molar-refractivity contribution is 7.22. The van der Waals surface area contributed by atoms with E-state index in [1.165, 1.54) is 11.3 Å². The molecular weight excluding hydrogens is 442 g/mol. The number of anilines is 1. The molecule has 4 rings (SSSR count). The molecule has 9 heteroatoms. The summed E-state index contributed by atoms with van der Waals surface area (Å²) >= 11 is 1.49. The fourth-order valence-electron chi connectivity index (χ4n) is 3.93. The van der Waals surface area contributed by atoms with Gasteiger partial charge in [-0.3, -0.25) is 14.6 Å². The van der Waals surface area contributed by atoms with Gasteiger partial charge in [0.15, 0.2) is 16.6 Å². The maximum Gasteiger partial charge on any atom is 0.264 e. The number of benzene rings is 2. The summed E-state index contributed by atoms with van der Waals surface area (Å²) in [6.45, 7) is 6.33. The average Bonchev–Trinajstić information content (AvgIpc) is 3.30. The van der Waals surface area contributed by atoms with Crippen molar-refractivity contribution in [3.8, 4) is 17.2 Å².